The van der Waals surface area contributed by atoms with E-state index in [0.717, 1.165) is 49.9 Å². The summed E-state index contributed by atoms with van der Waals surface area (Å²) in [4.78, 5) is 3.94. The maximum atomic E-state index is 8.01. The molecule has 0 unspecified atom stereocenters. The van der Waals surface area contributed by atoms with Gasteiger partial charge in [0.1, 0.15) is 18.2 Å². The number of aromatic nitrogens is 1. The number of nitrogens with zero attached hydrogens (tertiary/aromatic N) is 2. The third-order valence-corrected chi connectivity index (χ3v) is 13.5. The van der Waals surface area contributed by atoms with Crippen LogP contribution >= 0.6 is 0 Å². The van der Waals surface area contributed by atoms with Crippen molar-refractivity contribution in [1.82, 2.24) is 0 Å². The van der Waals surface area contributed by atoms with Crippen molar-refractivity contribution in [3.63, 3.8) is 0 Å². The largest absolute Gasteiger partial charge is 0.456 e. The van der Waals surface area contributed by atoms with Gasteiger partial charge in [-0.3, -0.25) is 0 Å². The lowest BCUT2D eigenvalue weighted by Crippen LogP contribution is -2.49. The fourth-order valence-corrected chi connectivity index (χ4v) is 13.3. The van der Waals surface area contributed by atoms with Gasteiger partial charge in [-0.15, -0.1) is 0 Å². The zero-order valence-corrected chi connectivity index (χ0v) is 27.1. The van der Waals surface area contributed by atoms with Crippen molar-refractivity contribution in [2.45, 2.75) is 67.1 Å². The molecule has 0 saturated carbocycles. The monoisotopic (exact) mass is 559 g/mol. The summed E-state index contributed by atoms with van der Waals surface area (Å²) in [5.74, 6) is 0. The van der Waals surface area contributed by atoms with Crippen LogP contribution in [0, 0.1) is 24.3 Å². The second-order valence-electron chi connectivity index (χ2n) is 14.5. The zero-order valence-electron chi connectivity index (χ0n) is 26.1. The summed E-state index contributed by atoms with van der Waals surface area (Å²) in [5.41, 5.74) is 8.11. The number of pyridine rings is 1. The second kappa shape index (κ2) is 10.3. The fourth-order valence-electron chi connectivity index (χ4n) is 7.11. The first-order valence-electron chi connectivity index (χ1n) is 14.6. The van der Waals surface area contributed by atoms with Gasteiger partial charge in [0.15, 0.2) is 11.9 Å². The molecule has 2 heterocycles. The average molecular weight is 560 g/mol. The van der Waals surface area contributed by atoms with Gasteiger partial charge in [-0.05, 0) is 47.0 Å². The Morgan fingerprint density at radius 1 is 0.780 bits per heavy atom. The molecule has 4 heteroatoms. The highest BCUT2D eigenvalue weighted by atomic mass is 28.3. The van der Waals surface area contributed by atoms with Crippen molar-refractivity contribution in [2.75, 3.05) is 0 Å². The molecule has 0 aliphatic rings. The first-order valence-corrected chi connectivity index (χ1v) is 17.5. The van der Waals surface area contributed by atoms with Gasteiger partial charge in [-0.1, -0.05) is 102 Å². The molecule has 3 nitrogen and oxygen atoms in total. The van der Waals surface area contributed by atoms with E-state index in [-0.39, 0.29) is 10.8 Å². The maximum absolute atomic E-state index is 8.01. The lowest BCUT2D eigenvalue weighted by atomic mass is 9.98. The Labute approximate surface area is 246 Å². The summed E-state index contributed by atoms with van der Waals surface area (Å²) in [6.07, 6.45) is 2.07. The van der Waals surface area contributed by atoms with Gasteiger partial charge < -0.3 is 4.42 Å². The van der Waals surface area contributed by atoms with E-state index in [9.17, 15) is 0 Å². The molecule has 0 saturated heterocycles. The third-order valence-electron chi connectivity index (χ3n) is 8.14. The molecule has 0 N–H and O–H groups in total. The molecule has 0 spiro atoms. The van der Waals surface area contributed by atoms with Crippen LogP contribution in [0.4, 0.5) is 5.69 Å². The Balaban J connectivity index is 1.71. The molecular formula is C37H43N2OSi+. The van der Waals surface area contributed by atoms with Crippen molar-refractivity contribution >= 4 is 40.9 Å². The van der Waals surface area contributed by atoms with E-state index in [1.165, 1.54) is 17.3 Å². The van der Waals surface area contributed by atoms with Crippen LogP contribution in [0.15, 0.2) is 77.3 Å². The van der Waals surface area contributed by atoms with Crippen LogP contribution in [0.5, 0.6) is 0 Å². The van der Waals surface area contributed by atoms with Gasteiger partial charge >= 0.3 is 0 Å². The van der Waals surface area contributed by atoms with Gasteiger partial charge in [0.05, 0.1) is 20.2 Å². The van der Waals surface area contributed by atoms with Gasteiger partial charge in [0.2, 0.25) is 5.69 Å². The predicted octanol–water partition coefficient (Wildman–Crippen LogP) is 9.98. The number of hydrogen-bond donors (Lipinski definition) is 0. The molecule has 0 amide bonds. The number of furan rings is 1. The summed E-state index contributed by atoms with van der Waals surface area (Å²) >= 11 is 0. The van der Waals surface area contributed by atoms with Crippen LogP contribution in [-0.4, -0.2) is 8.07 Å². The van der Waals surface area contributed by atoms with Crippen LogP contribution in [0.2, 0.25) is 18.6 Å². The number of aryl methyl sites for hydroxylation is 2. The van der Waals surface area contributed by atoms with Crippen LogP contribution in [-0.2, 0) is 7.05 Å². The highest BCUT2D eigenvalue weighted by Crippen LogP contribution is 2.44. The Morgan fingerprint density at radius 2 is 1.37 bits per heavy atom. The van der Waals surface area contributed by atoms with E-state index in [1.807, 2.05) is 18.2 Å². The van der Waals surface area contributed by atoms with Crippen molar-refractivity contribution in [3.05, 3.63) is 89.9 Å². The second-order valence-corrected chi connectivity index (χ2v) is 18.9. The van der Waals surface area contributed by atoms with Crippen molar-refractivity contribution in [1.29, 1.82) is 0 Å². The fraction of sp³-hybridized carbons (Fsp3) is 0.351. The molecular weight excluding hydrogens is 517 g/mol. The van der Waals surface area contributed by atoms with Crippen LogP contribution in [0.3, 0.4) is 0 Å². The molecule has 0 fully saturated rings. The van der Waals surface area contributed by atoms with Gasteiger partial charge in [0.25, 0.3) is 0 Å². The minimum atomic E-state index is -1.77. The molecule has 0 bridgehead atoms. The van der Waals surface area contributed by atoms with Crippen molar-refractivity contribution < 1.29 is 8.98 Å². The Bertz CT molecular complexity index is 1770. The molecule has 41 heavy (non-hydrogen) atoms. The standard InChI is InChI=1S/C37H43N2OSi/c1-25-14-19-28-29-20-21-30(38-8)33(35(29)40-34(28)32(25)31-13-11-12-22-39(31)9)26-15-17-27(18-16-26)41(10,23-36(2,3)4)24-37(5,6)7/h11-22H,23-24H2,1-7,9-10H3/q+1. The lowest BCUT2D eigenvalue weighted by Gasteiger charge is -2.39. The Morgan fingerprint density at radius 3 is 1.93 bits per heavy atom. The quantitative estimate of drug-likeness (QED) is 0.119. The summed E-state index contributed by atoms with van der Waals surface area (Å²) in [5, 5.41) is 3.61. The van der Waals surface area contributed by atoms with E-state index in [2.05, 4.69) is 126 Å². The van der Waals surface area contributed by atoms with E-state index >= 15 is 0 Å². The number of rotatable bonds is 5. The topological polar surface area (TPSA) is 21.4 Å². The third kappa shape index (κ3) is 5.61. The first-order chi connectivity index (χ1) is 19.2. The Kier molecular flexibility index (Phi) is 7.24. The molecule has 0 aliphatic heterocycles. The molecule has 5 aromatic rings. The van der Waals surface area contributed by atoms with Crippen molar-refractivity contribution in [2.24, 2.45) is 17.9 Å². The smallest absolute Gasteiger partial charge is 0.216 e. The number of benzene rings is 3. The van der Waals surface area contributed by atoms with E-state index in [4.69, 9.17) is 11.0 Å². The SMILES string of the molecule is [C-]#[N+]c1ccc2c(oc3c(-c4cccc[n+]4C)c(C)ccc32)c1-c1ccc([Si](C)(CC(C)(C)C)CC(C)(C)C)cc1. The van der Waals surface area contributed by atoms with Crippen LogP contribution < -0.4 is 9.75 Å². The Hall–Kier alpha value is -3.68. The van der Waals surface area contributed by atoms with Crippen LogP contribution in [0.1, 0.15) is 47.1 Å². The van der Waals surface area contributed by atoms with Gasteiger partial charge in [0, 0.05) is 28.5 Å². The van der Waals surface area contributed by atoms with E-state index in [1.54, 1.807) is 0 Å². The molecule has 0 radical (unpaired) electrons. The highest BCUT2D eigenvalue weighted by molar-refractivity contribution is 6.91. The molecule has 2 aromatic heterocycles. The summed E-state index contributed by atoms with van der Waals surface area (Å²) in [6.45, 7) is 26.9. The maximum Gasteiger partial charge on any atom is 0.216 e. The summed E-state index contributed by atoms with van der Waals surface area (Å²) in [7, 11) is 0.301. The molecule has 3 aromatic carbocycles. The molecule has 0 atom stereocenters. The zero-order chi connectivity index (χ0) is 29.7. The minimum absolute atomic E-state index is 0.271. The molecule has 210 valence electrons. The predicted molar refractivity (Wildman–Crippen MR) is 177 cm³/mol. The summed E-state index contributed by atoms with van der Waals surface area (Å²) in [6, 6.07) is 26.2. The lowest BCUT2D eigenvalue weighted by molar-refractivity contribution is -0.660. The first kappa shape index (κ1) is 28.8. The van der Waals surface area contributed by atoms with Gasteiger partial charge in [-0.2, -0.15) is 0 Å². The highest BCUT2D eigenvalue weighted by Gasteiger charge is 2.37. The van der Waals surface area contributed by atoms with Crippen LogP contribution in [0.25, 0.3) is 49.2 Å². The van der Waals surface area contributed by atoms with E-state index in [0.29, 0.717) is 5.69 Å². The van der Waals surface area contributed by atoms with E-state index < -0.39 is 8.07 Å². The average Bonchev–Trinajstić information content (AvgIpc) is 3.25. The van der Waals surface area contributed by atoms with Gasteiger partial charge in [-0.25, -0.2) is 9.41 Å². The molecule has 0 aliphatic carbocycles. The number of fused-ring (bicyclic) bond motifs is 3. The molecule has 5 rings (SSSR count). The van der Waals surface area contributed by atoms with Crippen molar-refractivity contribution in [3.8, 4) is 22.4 Å². The summed E-state index contributed by atoms with van der Waals surface area (Å²) < 4.78 is 8.92. The minimum Gasteiger partial charge on any atom is -0.456 e. The number of hydrogen-bond acceptors (Lipinski definition) is 1. The normalized spacial score (nSPS) is 12.7.